The van der Waals surface area contributed by atoms with E-state index in [9.17, 15) is 5.11 Å². The summed E-state index contributed by atoms with van der Waals surface area (Å²) in [5.41, 5.74) is 4.17. The van der Waals surface area contributed by atoms with Crippen molar-refractivity contribution in [1.82, 2.24) is 9.55 Å². The van der Waals surface area contributed by atoms with Gasteiger partial charge in [0.1, 0.15) is 0 Å². The quantitative estimate of drug-likeness (QED) is 0.507. The first kappa shape index (κ1) is 20.3. The van der Waals surface area contributed by atoms with Crippen LogP contribution < -0.4 is 0 Å². The Balaban J connectivity index is 2.13. The van der Waals surface area contributed by atoms with Crippen molar-refractivity contribution in [3.8, 4) is 0 Å². The van der Waals surface area contributed by atoms with Gasteiger partial charge in [-0.1, -0.05) is 54.9 Å². The summed E-state index contributed by atoms with van der Waals surface area (Å²) in [6.07, 6.45) is 1.80. The van der Waals surface area contributed by atoms with E-state index in [2.05, 4.69) is 30.3 Å². The molecule has 3 aromatic rings. The number of pyridine rings is 1. The van der Waals surface area contributed by atoms with Crippen LogP contribution in [0.4, 0.5) is 0 Å². The molecule has 3 nitrogen and oxygen atoms in total. The molecule has 6 heteroatoms. The van der Waals surface area contributed by atoms with Crippen molar-refractivity contribution in [3.05, 3.63) is 75.2 Å². The Morgan fingerprint density at radius 1 is 1.15 bits per heavy atom. The summed E-state index contributed by atoms with van der Waals surface area (Å²) < 4.78 is 2.22. The summed E-state index contributed by atoms with van der Waals surface area (Å²) in [5, 5.41) is 12.3. The highest BCUT2D eigenvalue weighted by atomic mass is 35.5. The minimum Gasteiger partial charge on any atom is -0.392 e. The van der Waals surface area contributed by atoms with Gasteiger partial charge in [0.2, 0.25) is 0 Å². The maximum atomic E-state index is 10.0. The van der Waals surface area contributed by atoms with Gasteiger partial charge in [-0.25, -0.2) is 0 Å². The normalized spacial score (nSPS) is 11.4. The molecule has 142 valence electrons. The molecule has 0 aliphatic heterocycles. The third-order valence-electron chi connectivity index (χ3n) is 4.47. The Morgan fingerprint density at radius 2 is 1.85 bits per heavy atom. The number of halogens is 2. The van der Waals surface area contributed by atoms with Gasteiger partial charge in [0.05, 0.1) is 23.9 Å². The van der Waals surface area contributed by atoms with Gasteiger partial charge in [0.25, 0.3) is 0 Å². The van der Waals surface area contributed by atoms with E-state index < -0.39 is 0 Å². The summed E-state index contributed by atoms with van der Waals surface area (Å²) in [7, 11) is 0. The van der Waals surface area contributed by atoms with E-state index >= 15 is 0 Å². The smallest absolute Gasteiger partial charge is 0.0841 e. The second-order valence-electron chi connectivity index (χ2n) is 6.71. The molecule has 0 saturated heterocycles. The molecular weight excluding hydrogens is 399 g/mol. The zero-order valence-electron chi connectivity index (χ0n) is 15.5. The number of hydrogen-bond acceptors (Lipinski definition) is 3. The third kappa shape index (κ3) is 4.52. The molecule has 0 aliphatic rings. The van der Waals surface area contributed by atoms with Crippen molar-refractivity contribution in [1.29, 1.82) is 0 Å². The van der Waals surface area contributed by atoms with Crippen molar-refractivity contribution in [2.24, 2.45) is 0 Å². The first-order valence-corrected chi connectivity index (χ1v) is 10.3. The molecule has 0 amide bonds. The monoisotopic (exact) mass is 420 g/mol. The Hall–Kier alpha value is -1.46. The van der Waals surface area contributed by atoms with Crippen LogP contribution in [0.1, 0.15) is 42.3 Å². The Kier molecular flexibility index (Phi) is 6.53. The van der Waals surface area contributed by atoms with Crippen LogP contribution in [0.15, 0.2) is 52.5 Å². The highest BCUT2D eigenvalue weighted by Crippen LogP contribution is 2.41. The van der Waals surface area contributed by atoms with E-state index in [-0.39, 0.29) is 12.5 Å². The lowest BCUT2D eigenvalue weighted by atomic mass is 10.0. The second kappa shape index (κ2) is 8.70. The Labute approximate surface area is 174 Å². The largest absolute Gasteiger partial charge is 0.392 e. The number of rotatable bonds is 6. The fourth-order valence-corrected chi connectivity index (χ4v) is 5.26. The van der Waals surface area contributed by atoms with Gasteiger partial charge in [0.15, 0.2) is 0 Å². The van der Waals surface area contributed by atoms with Crippen LogP contribution in [0.5, 0.6) is 0 Å². The van der Waals surface area contributed by atoms with Crippen LogP contribution in [-0.2, 0) is 13.2 Å². The SMILES string of the molecule is Cc1c(CO)c(C(C)C)c(Sc2cc(Cl)cc(Cl)c2)n1Cc1ccccn1. The van der Waals surface area contributed by atoms with Gasteiger partial charge < -0.3 is 9.67 Å². The minimum atomic E-state index is 0.0123. The van der Waals surface area contributed by atoms with Crippen molar-refractivity contribution in [2.45, 2.75) is 49.8 Å². The molecular formula is C21H22Cl2N2OS. The van der Waals surface area contributed by atoms with Crippen LogP contribution >= 0.6 is 35.0 Å². The lowest BCUT2D eigenvalue weighted by molar-refractivity contribution is 0.279. The topological polar surface area (TPSA) is 38.0 Å². The number of benzene rings is 1. The fourth-order valence-electron chi connectivity index (χ4n) is 3.23. The number of aromatic nitrogens is 2. The molecule has 0 radical (unpaired) electrons. The van der Waals surface area contributed by atoms with E-state index in [1.165, 1.54) is 0 Å². The first-order valence-electron chi connectivity index (χ1n) is 8.77. The van der Waals surface area contributed by atoms with Gasteiger partial charge in [-0.15, -0.1) is 0 Å². The molecule has 0 saturated carbocycles. The van der Waals surface area contributed by atoms with Crippen molar-refractivity contribution >= 4 is 35.0 Å². The average molecular weight is 421 g/mol. The molecule has 2 heterocycles. The molecule has 2 aromatic heterocycles. The summed E-state index contributed by atoms with van der Waals surface area (Å²) in [4.78, 5) is 5.44. The highest BCUT2D eigenvalue weighted by Gasteiger charge is 2.23. The van der Waals surface area contributed by atoms with Crippen LogP contribution in [0.3, 0.4) is 0 Å². The average Bonchev–Trinajstić information content (AvgIpc) is 2.87. The first-order chi connectivity index (χ1) is 12.9. The van der Waals surface area contributed by atoms with Crippen molar-refractivity contribution in [3.63, 3.8) is 0 Å². The molecule has 0 atom stereocenters. The molecule has 0 unspecified atom stereocenters. The van der Waals surface area contributed by atoms with Crippen molar-refractivity contribution in [2.75, 3.05) is 0 Å². The standard InChI is InChI=1S/C21H22Cl2N2OS/c1-13(2)20-19(12-26)14(3)25(11-17-6-4-5-7-24-17)21(20)27-18-9-15(22)8-16(23)10-18/h4-10,13,26H,11-12H2,1-3H3. The lowest BCUT2D eigenvalue weighted by Gasteiger charge is -2.14. The zero-order valence-corrected chi connectivity index (χ0v) is 17.9. The predicted octanol–water partition coefficient (Wildman–Crippen LogP) is 6.31. The van der Waals surface area contributed by atoms with Gasteiger partial charge in [-0.2, -0.15) is 0 Å². The molecule has 0 aliphatic carbocycles. The Bertz CT molecular complexity index is 919. The van der Waals surface area contributed by atoms with E-state index in [1.54, 1.807) is 24.0 Å². The molecule has 1 aromatic carbocycles. The van der Waals surface area contributed by atoms with Crippen LogP contribution in [0.25, 0.3) is 0 Å². The molecule has 0 fully saturated rings. The maximum absolute atomic E-state index is 10.0. The number of nitrogens with zero attached hydrogens (tertiary/aromatic N) is 2. The predicted molar refractivity (Wildman–Crippen MR) is 113 cm³/mol. The number of aliphatic hydroxyl groups is 1. The summed E-state index contributed by atoms with van der Waals surface area (Å²) in [6, 6.07) is 11.5. The summed E-state index contributed by atoms with van der Waals surface area (Å²) in [5.74, 6) is 0.271. The van der Waals surface area contributed by atoms with Crippen LogP contribution in [0.2, 0.25) is 10.0 Å². The molecule has 0 spiro atoms. The van der Waals surface area contributed by atoms with Gasteiger partial charge in [-0.3, -0.25) is 4.98 Å². The molecule has 3 rings (SSSR count). The molecule has 0 bridgehead atoms. The van der Waals surface area contributed by atoms with Gasteiger partial charge in [0, 0.05) is 32.4 Å². The number of aliphatic hydroxyl groups excluding tert-OH is 1. The van der Waals surface area contributed by atoms with E-state index in [0.717, 1.165) is 32.4 Å². The summed E-state index contributed by atoms with van der Waals surface area (Å²) in [6.45, 7) is 7.00. The highest BCUT2D eigenvalue weighted by molar-refractivity contribution is 7.99. The number of hydrogen-bond donors (Lipinski definition) is 1. The van der Waals surface area contributed by atoms with E-state index in [0.29, 0.717) is 16.6 Å². The third-order valence-corrected chi connectivity index (χ3v) is 6.02. The van der Waals surface area contributed by atoms with Gasteiger partial charge >= 0.3 is 0 Å². The van der Waals surface area contributed by atoms with E-state index in [1.807, 2.05) is 30.3 Å². The van der Waals surface area contributed by atoms with Crippen LogP contribution in [-0.4, -0.2) is 14.7 Å². The zero-order chi connectivity index (χ0) is 19.6. The second-order valence-corrected chi connectivity index (χ2v) is 8.65. The Morgan fingerprint density at radius 3 is 2.41 bits per heavy atom. The minimum absolute atomic E-state index is 0.0123. The van der Waals surface area contributed by atoms with Crippen LogP contribution in [0, 0.1) is 6.92 Å². The fraction of sp³-hybridized carbons (Fsp3) is 0.286. The van der Waals surface area contributed by atoms with Gasteiger partial charge in [-0.05, 0) is 48.7 Å². The maximum Gasteiger partial charge on any atom is 0.0841 e. The van der Waals surface area contributed by atoms with E-state index in [4.69, 9.17) is 23.2 Å². The summed E-state index contributed by atoms with van der Waals surface area (Å²) >= 11 is 14.0. The van der Waals surface area contributed by atoms with Crippen molar-refractivity contribution < 1.29 is 5.11 Å². The molecule has 27 heavy (non-hydrogen) atoms. The lowest BCUT2D eigenvalue weighted by Crippen LogP contribution is -2.05. The molecule has 1 N–H and O–H groups in total.